The molecular weight excluding hydrogens is 308 g/mol. The molecule has 124 valence electrons. The third-order valence-electron chi connectivity index (χ3n) is 3.58. The molecule has 1 aliphatic heterocycles. The second-order valence-corrected chi connectivity index (χ2v) is 6.81. The second kappa shape index (κ2) is 7.92. The van der Waals surface area contributed by atoms with Gasteiger partial charge in [0.1, 0.15) is 5.75 Å². The lowest BCUT2D eigenvalue weighted by molar-refractivity contribution is -0.190. The van der Waals surface area contributed by atoms with Gasteiger partial charge in [0, 0.05) is 12.2 Å². The molecule has 2 unspecified atom stereocenters. The molecule has 22 heavy (non-hydrogen) atoms. The highest BCUT2D eigenvalue weighted by atomic mass is 32.2. The Morgan fingerprint density at radius 3 is 2.77 bits per heavy atom. The molecule has 1 aromatic rings. The first-order chi connectivity index (χ1) is 10.5. The fourth-order valence-corrected chi connectivity index (χ4v) is 3.00. The van der Waals surface area contributed by atoms with Crippen LogP contribution >= 0.6 is 0 Å². The van der Waals surface area contributed by atoms with E-state index in [1.54, 1.807) is 13.2 Å². The molecule has 2 atom stereocenters. The maximum Gasteiger partial charge on any atom is 0.264 e. The lowest BCUT2D eigenvalue weighted by atomic mass is 10.1. The summed E-state index contributed by atoms with van der Waals surface area (Å²) in [6.45, 7) is 0.640. The van der Waals surface area contributed by atoms with E-state index in [2.05, 4.69) is 0 Å². The van der Waals surface area contributed by atoms with Gasteiger partial charge in [0.15, 0.2) is 6.29 Å². The third-order valence-corrected chi connectivity index (χ3v) is 4.33. The van der Waals surface area contributed by atoms with Crippen molar-refractivity contribution in [3.8, 4) is 5.75 Å². The van der Waals surface area contributed by atoms with Crippen LogP contribution < -0.4 is 4.74 Å². The summed E-state index contributed by atoms with van der Waals surface area (Å²) < 4.78 is 47.9. The molecule has 1 fully saturated rings. The van der Waals surface area contributed by atoms with Crippen molar-refractivity contribution in [1.82, 2.24) is 0 Å². The average molecular weight is 330 g/mol. The highest BCUT2D eigenvalue weighted by Crippen LogP contribution is 2.32. The normalized spacial score (nSPS) is 20.5. The van der Waals surface area contributed by atoms with Crippen LogP contribution in [0.5, 0.6) is 5.75 Å². The van der Waals surface area contributed by atoms with Gasteiger partial charge < -0.3 is 14.2 Å². The van der Waals surface area contributed by atoms with Crippen LogP contribution in [0.15, 0.2) is 24.3 Å². The molecule has 2 rings (SSSR count). The largest absolute Gasteiger partial charge is 0.496 e. The topological polar surface area (TPSA) is 82.1 Å². The van der Waals surface area contributed by atoms with E-state index >= 15 is 0 Å². The van der Waals surface area contributed by atoms with Crippen molar-refractivity contribution < 1.29 is 27.2 Å². The molecule has 6 nitrogen and oxygen atoms in total. The zero-order chi connectivity index (χ0) is 16.0. The number of para-hydroxylation sites is 1. The van der Waals surface area contributed by atoms with Gasteiger partial charge in [-0.3, -0.25) is 4.55 Å². The predicted octanol–water partition coefficient (Wildman–Crippen LogP) is 2.56. The van der Waals surface area contributed by atoms with Crippen LogP contribution in [-0.2, 0) is 19.6 Å². The van der Waals surface area contributed by atoms with Crippen molar-refractivity contribution in [2.24, 2.45) is 0 Å². The molecule has 0 aliphatic carbocycles. The SMILES string of the molecule is COc1ccccc1C(CCS(=O)(=O)O)OC1CCCCO1. The van der Waals surface area contributed by atoms with Gasteiger partial charge in [-0.1, -0.05) is 18.2 Å². The highest BCUT2D eigenvalue weighted by Gasteiger charge is 2.24. The Hall–Kier alpha value is -1.15. The van der Waals surface area contributed by atoms with Crippen LogP contribution in [0.3, 0.4) is 0 Å². The van der Waals surface area contributed by atoms with Crippen molar-refractivity contribution in [2.45, 2.75) is 38.1 Å². The summed E-state index contributed by atoms with van der Waals surface area (Å²) in [6.07, 6.45) is 2.06. The Morgan fingerprint density at radius 1 is 1.36 bits per heavy atom. The minimum atomic E-state index is -4.05. The number of methoxy groups -OCH3 is 1. The van der Waals surface area contributed by atoms with Crippen LogP contribution in [0.25, 0.3) is 0 Å². The standard InChI is InChI=1S/C15H22O6S/c1-19-13-7-3-2-6-12(13)14(9-11-22(16,17)18)21-15-8-4-5-10-20-15/h2-3,6-7,14-15H,4-5,8-11H2,1H3,(H,16,17,18). The van der Waals surface area contributed by atoms with Gasteiger partial charge in [-0.05, 0) is 31.7 Å². The van der Waals surface area contributed by atoms with E-state index in [1.165, 1.54) is 0 Å². The summed E-state index contributed by atoms with van der Waals surface area (Å²) in [5.41, 5.74) is 0.753. The Bertz CT molecular complexity index is 565. The first-order valence-corrected chi connectivity index (χ1v) is 8.95. The minimum absolute atomic E-state index is 0.138. The van der Waals surface area contributed by atoms with Crippen molar-refractivity contribution in [3.05, 3.63) is 29.8 Å². The number of hydrogen-bond acceptors (Lipinski definition) is 5. The van der Waals surface area contributed by atoms with Crippen molar-refractivity contribution in [3.63, 3.8) is 0 Å². The van der Waals surface area contributed by atoms with Crippen LogP contribution in [-0.4, -0.2) is 38.7 Å². The molecule has 1 N–H and O–H groups in total. The number of ether oxygens (including phenoxy) is 3. The Balaban J connectivity index is 2.15. The minimum Gasteiger partial charge on any atom is -0.496 e. The fraction of sp³-hybridized carbons (Fsp3) is 0.600. The Labute approximate surface area is 131 Å². The smallest absolute Gasteiger partial charge is 0.264 e. The van der Waals surface area contributed by atoms with Gasteiger partial charge in [-0.25, -0.2) is 0 Å². The van der Waals surface area contributed by atoms with Crippen molar-refractivity contribution in [1.29, 1.82) is 0 Å². The van der Waals surface area contributed by atoms with Gasteiger partial charge >= 0.3 is 0 Å². The lowest BCUT2D eigenvalue weighted by Crippen LogP contribution is -2.25. The molecule has 0 aromatic heterocycles. The van der Waals surface area contributed by atoms with Crippen LogP contribution in [0, 0.1) is 0 Å². The van der Waals surface area contributed by atoms with E-state index in [0.29, 0.717) is 12.4 Å². The van der Waals surface area contributed by atoms with Crippen molar-refractivity contribution in [2.75, 3.05) is 19.5 Å². The van der Waals surface area contributed by atoms with Crippen molar-refractivity contribution >= 4 is 10.1 Å². The van der Waals surface area contributed by atoms with Gasteiger partial charge in [-0.2, -0.15) is 8.42 Å². The number of rotatable bonds is 7. The van der Waals surface area contributed by atoms with E-state index in [9.17, 15) is 8.42 Å². The zero-order valence-corrected chi connectivity index (χ0v) is 13.4. The molecular formula is C15H22O6S. The quantitative estimate of drug-likeness (QED) is 0.774. The fourth-order valence-electron chi connectivity index (χ4n) is 2.49. The summed E-state index contributed by atoms with van der Waals surface area (Å²) in [4.78, 5) is 0. The Kier molecular flexibility index (Phi) is 6.19. The monoisotopic (exact) mass is 330 g/mol. The maximum absolute atomic E-state index is 11.1. The highest BCUT2D eigenvalue weighted by molar-refractivity contribution is 7.85. The van der Waals surface area contributed by atoms with E-state index in [1.807, 2.05) is 18.2 Å². The van der Waals surface area contributed by atoms with Crippen LogP contribution in [0.1, 0.15) is 37.4 Å². The van der Waals surface area contributed by atoms with E-state index in [4.69, 9.17) is 18.8 Å². The second-order valence-electron chi connectivity index (χ2n) is 5.24. The molecule has 1 heterocycles. The Morgan fingerprint density at radius 2 is 2.14 bits per heavy atom. The molecule has 7 heteroatoms. The molecule has 1 aliphatic rings. The number of hydrogen-bond donors (Lipinski definition) is 1. The summed E-state index contributed by atoms with van der Waals surface area (Å²) >= 11 is 0. The zero-order valence-electron chi connectivity index (χ0n) is 12.6. The van der Waals surface area contributed by atoms with E-state index in [0.717, 1.165) is 24.8 Å². The maximum atomic E-state index is 11.1. The van der Waals surface area contributed by atoms with E-state index < -0.39 is 16.2 Å². The first-order valence-electron chi connectivity index (χ1n) is 7.35. The van der Waals surface area contributed by atoms with Gasteiger partial charge in [-0.15, -0.1) is 0 Å². The molecule has 0 spiro atoms. The summed E-state index contributed by atoms with van der Waals surface area (Å²) in [6, 6.07) is 7.29. The van der Waals surface area contributed by atoms with Gasteiger partial charge in [0.05, 0.1) is 19.0 Å². The summed E-state index contributed by atoms with van der Waals surface area (Å²) in [7, 11) is -2.50. The molecule has 1 saturated heterocycles. The molecule has 0 bridgehead atoms. The molecule has 0 amide bonds. The lowest BCUT2D eigenvalue weighted by Gasteiger charge is -2.28. The average Bonchev–Trinajstić information content (AvgIpc) is 2.51. The van der Waals surface area contributed by atoms with E-state index in [-0.39, 0.29) is 18.5 Å². The van der Waals surface area contributed by atoms with Crippen LogP contribution in [0.2, 0.25) is 0 Å². The third kappa shape index (κ3) is 5.24. The summed E-state index contributed by atoms with van der Waals surface area (Å²) in [5.74, 6) is 0.251. The molecule has 0 radical (unpaired) electrons. The molecule has 0 saturated carbocycles. The first kappa shape index (κ1) is 17.2. The van der Waals surface area contributed by atoms with Crippen LogP contribution in [0.4, 0.5) is 0 Å². The summed E-state index contributed by atoms with van der Waals surface area (Å²) in [5, 5.41) is 0. The van der Waals surface area contributed by atoms with Gasteiger partial charge in [0.2, 0.25) is 0 Å². The predicted molar refractivity (Wildman–Crippen MR) is 81.4 cm³/mol. The molecule has 1 aromatic carbocycles. The van der Waals surface area contributed by atoms with Gasteiger partial charge in [0.25, 0.3) is 10.1 Å². The number of benzene rings is 1.